The molecule has 0 spiro atoms. The van der Waals surface area contributed by atoms with Crippen LogP contribution in [0.15, 0.2) is 22.6 Å². The van der Waals surface area contributed by atoms with Gasteiger partial charge in [0.15, 0.2) is 0 Å². The number of guanidine groups is 1. The molecule has 3 atom stereocenters. The van der Waals surface area contributed by atoms with Gasteiger partial charge in [-0.3, -0.25) is 4.79 Å². The molecule has 0 radical (unpaired) electrons. The number of nitrogens with two attached hydrogens (primary N) is 1. The Morgan fingerprint density at radius 2 is 2.03 bits per heavy atom. The van der Waals surface area contributed by atoms with Crippen LogP contribution in [0.3, 0.4) is 0 Å². The van der Waals surface area contributed by atoms with Gasteiger partial charge < -0.3 is 15.8 Å². The number of rotatable bonds is 6. The first kappa shape index (κ1) is 25.2. The first-order valence-corrected chi connectivity index (χ1v) is 13.1. The van der Waals surface area contributed by atoms with E-state index in [1.807, 2.05) is 13.8 Å². The van der Waals surface area contributed by atoms with Crippen LogP contribution in [0.2, 0.25) is 0 Å². The fourth-order valence-electron chi connectivity index (χ4n) is 4.45. The van der Waals surface area contributed by atoms with E-state index in [0.29, 0.717) is 10.6 Å². The molecule has 0 aromatic carbocycles. The lowest BCUT2D eigenvalue weighted by molar-refractivity contribution is -0.0501. The van der Waals surface area contributed by atoms with Gasteiger partial charge in [-0.05, 0) is 43.2 Å². The summed E-state index contributed by atoms with van der Waals surface area (Å²) in [4.78, 5) is 25.7. The highest BCUT2D eigenvalue weighted by molar-refractivity contribution is 7.90. The van der Waals surface area contributed by atoms with Crippen molar-refractivity contribution in [3.05, 3.63) is 33.9 Å². The predicted molar refractivity (Wildman–Crippen MR) is 127 cm³/mol. The summed E-state index contributed by atoms with van der Waals surface area (Å²) in [6.45, 7) is 4.25. The number of aromatic nitrogens is 2. The molecule has 10 nitrogen and oxygen atoms in total. The normalized spacial score (nSPS) is 26.9. The number of pyridine rings is 1. The smallest absolute Gasteiger partial charge is 0.387 e. The van der Waals surface area contributed by atoms with E-state index >= 15 is 0 Å². The van der Waals surface area contributed by atoms with E-state index < -0.39 is 33.3 Å². The molecule has 0 bridgehead atoms. The minimum absolute atomic E-state index is 0.00844. The van der Waals surface area contributed by atoms with Crippen molar-refractivity contribution in [3.63, 3.8) is 0 Å². The molecule has 2 aliphatic rings. The Balaban J connectivity index is 1.62. The van der Waals surface area contributed by atoms with E-state index in [9.17, 15) is 22.0 Å². The van der Waals surface area contributed by atoms with Gasteiger partial charge in [0.2, 0.25) is 16.0 Å². The van der Waals surface area contributed by atoms with E-state index in [4.69, 9.17) is 5.73 Å². The third-order valence-electron chi connectivity index (χ3n) is 6.55. The lowest BCUT2D eigenvalue weighted by Gasteiger charge is -2.40. The van der Waals surface area contributed by atoms with Crippen molar-refractivity contribution in [1.82, 2.24) is 14.3 Å². The number of sulfonamides is 1. The quantitative estimate of drug-likeness (QED) is 0.587. The van der Waals surface area contributed by atoms with Crippen molar-refractivity contribution in [2.45, 2.75) is 51.5 Å². The second-order valence-electron chi connectivity index (χ2n) is 9.56. The molecule has 3 heterocycles. The Morgan fingerprint density at radius 3 is 2.60 bits per heavy atom. The zero-order chi connectivity index (χ0) is 25.9. The zero-order valence-electron chi connectivity index (χ0n) is 19.7. The fraction of sp³-hybridized carbons (Fsp3) is 0.524. The van der Waals surface area contributed by atoms with Crippen molar-refractivity contribution >= 4 is 39.0 Å². The van der Waals surface area contributed by atoms with Crippen LogP contribution in [0.4, 0.5) is 14.6 Å². The fourth-order valence-corrected chi connectivity index (χ4v) is 7.69. The molecule has 3 N–H and O–H groups in total. The summed E-state index contributed by atoms with van der Waals surface area (Å²) >= 11 is 1.16. The standard InChI is InChI=1S/C21H26F2N6O4S2/c1-10-6-11(33-18(22)23)8-25-14(10)16(30)26-13-9-34-17(27-13)21(4)15(12-7-20(12,2)3)35(31,32)29(5)19(24)28-21/h6,8-9,12,15,18H,7H2,1-5H3,(H2,24,28)(H,26,30)/t12?,15-,21+/m1/s1. The molecular weight excluding hydrogens is 502 g/mol. The Labute approximate surface area is 205 Å². The first-order valence-electron chi connectivity index (χ1n) is 10.7. The summed E-state index contributed by atoms with van der Waals surface area (Å²) in [5, 5.41) is 3.72. The molecule has 4 rings (SSSR count). The van der Waals surface area contributed by atoms with E-state index in [1.54, 1.807) is 12.3 Å². The SMILES string of the molecule is Cc1cc(OC(F)F)cnc1C(=O)Nc1csc([C@@]2(C)N=C(N)N(C)S(=O)(=O)[C@@H]2C2CC2(C)C)n1. The molecule has 14 heteroatoms. The van der Waals surface area contributed by atoms with Crippen LogP contribution < -0.4 is 15.8 Å². The van der Waals surface area contributed by atoms with Crippen LogP contribution in [0, 0.1) is 18.3 Å². The summed E-state index contributed by atoms with van der Waals surface area (Å²) in [7, 11) is -2.42. The van der Waals surface area contributed by atoms with Gasteiger partial charge in [-0.15, -0.1) is 11.3 Å². The topological polar surface area (TPSA) is 140 Å². The van der Waals surface area contributed by atoms with Crippen LogP contribution >= 0.6 is 11.3 Å². The maximum absolute atomic E-state index is 13.4. The largest absolute Gasteiger partial charge is 0.433 e. The Kier molecular flexibility index (Phi) is 6.03. The third kappa shape index (κ3) is 4.44. The number of nitrogens with zero attached hydrogens (tertiary/aromatic N) is 4. The van der Waals surface area contributed by atoms with Crippen LogP contribution in [-0.2, 0) is 15.6 Å². The number of carbonyl (C=O) groups excluding carboxylic acids is 1. The molecule has 1 aliphatic heterocycles. The second kappa shape index (κ2) is 8.36. The molecule has 1 amide bonds. The summed E-state index contributed by atoms with van der Waals surface area (Å²) in [5.41, 5.74) is 4.90. The molecule has 0 saturated heterocycles. The van der Waals surface area contributed by atoms with E-state index in [-0.39, 0.29) is 34.6 Å². The number of hydrogen-bond acceptors (Lipinski definition) is 9. The number of hydrogen-bond donors (Lipinski definition) is 2. The summed E-state index contributed by atoms with van der Waals surface area (Å²) in [5.74, 6) is -0.851. The average molecular weight is 529 g/mol. The molecule has 1 fully saturated rings. The zero-order valence-corrected chi connectivity index (χ0v) is 21.4. The van der Waals surface area contributed by atoms with Crippen LogP contribution in [0.1, 0.15) is 48.3 Å². The molecule has 1 unspecified atom stereocenters. The van der Waals surface area contributed by atoms with Crippen LogP contribution in [-0.4, -0.2) is 53.5 Å². The number of ether oxygens (including phenoxy) is 1. The van der Waals surface area contributed by atoms with Gasteiger partial charge in [-0.2, -0.15) is 8.78 Å². The van der Waals surface area contributed by atoms with Crippen LogP contribution in [0.25, 0.3) is 0 Å². The maximum Gasteiger partial charge on any atom is 0.387 e. The molecule has 1 saturated carbocycles. The Morgan fingerprint density at radius 1 is 1.37 bits per heavy atom. The Bertz CT molecular complexity index is 1310. The van der Waals surface area contributed by atoms with E-state index in [0.717, 1.165) is 28.3 Å². The highest BCUT2D eigenvalue weighted by Gasteiger charge is 2.64. The number of anilines is 1. The minimum Gasteiger partial charge on any atom is -0.433 e. The number of carbonyl (C=O) groups is 1. The summed E-state index contributed by atoms with van der Waals surface area (Å²) in [6.07, 6.45) is 1.76. The lowest BCUT2D eigenvalue weighted by atomic mass is 9.92. The van der Waals surface area contributed by atoms with Crippen LogP contribution in [0.5, 0.6) is 5.75 Å². The summed E-state index contributed by atoms with van der Waals surface area (Å²) < 4.78 is 56.9. The Hall–Kier alpha value is -2.87. The van der Waals surface area contributed by atoms with Gasteiger partial charge in [0.1, 0.15) is 33.1 Å². The summed E-state index contributed by atoms with van der Waals surface area (Å²) in [6, 6.07) is 1.28. The third-order valence-corrected chi connectivity index (χ3v) is 10.0. The number of alkyl halides is 2. The van der Waals surface area contributed by atoms with Gasteiger partial charge in [0.25, 0.3) is 5.91 Å². The van der Waals surface area contributed by atoms with Crippen molar-refractivity contribution < 1.29 is 26.7 Å². The molecule has 2 aromatic rings. The molecular formula is C21H26F2N6O4S2. The lowest BCUT2D eigenvalue weighted by Crippen LogP contribution is -2.57. The first-order chi connectivity index (χ1) is 16.2. The number of aliphatic imine (C=N–C) groups is 1. The predicted octanol–water partition coefficient (Wildman–Crippen LogP) is 2.92. The van der Waals surface area contributed by atoms with Crippen molar-refractivity contribution in [3.8, 4) is 5.75 Å². The van der Waals surface area contributed by atoms with Crippen molar-refractivity contribution in [2.24, 2.45) is 22.1 Å². The number of aryl methyl sites for hydroxylation is 1. The van der Waals surface area contributed by atoms with E-state index in [1.165, 1.54) is 20.0 Å². The van der Waals surface area contributed by atoms with Gasteiger partial charge in [0.05, 0.1) is 6.20 Å². The average Bonchev–Trinajstić information content (AvgIpc) is 3.11. The molecule has 190 valence electrons. The molecule has 1 aliphatic carbocycles. The molecule has 35 heavy (non-hydrogen) atoms. The van der Waals surface area contributed by atoms with Gasteiger partial charge in [0, 0.05) is 12.4 Å². The van der Waals surface area contributed by atoms with Crippen molar-refractivity contribution in [1.29, 1.82) is 0 Å². The van der Waals surface area contributed by atoms with Gasteiger partial charge in [-0.25, -0.2) is 27.7 Å². The minimum atomic E-state index is -3.81. The van der Waals surface area contributed by atoms with E-state index in [2.05, 4.69) is 25.0 Å². The highest BCUT2D eigenvalue weighted by Crippen LogP contribution is 2.60. The second-order valence-corrected chi connectivity index (χ2v) is 12.5. The molecule has 2 aromatic heterocycles. The number of thiazole rings is 1. The van der Waals surface area contributed by atoms with Crippen molar-refractivity contribution in [2.75, 3.05) is 12.4 Å². The van der Waals surface area contributed by atoms with Gasteiger partial charge in [-0.1, -0.05) is 13.8 Å². The highest BCUT2D eigenvalue weighted by atomic mass is 32.2. The number of nitrogens with one attached hydrogen (secondary N) is 1. The monoisotopic (exact) mass is 528 g/mol. The van der Waals surface area contributed by atoms with Gasteiger partial charge >= 0.3 is 6.61 Å². The maximum atomic E-state index is 13.4. The number of halogens is 2. The number of amides is 1.